The summed E-state index contributed by atoms with van der Waals surface area (Å²) in [5.74, 6) is 0.604. The first-order valence-electron chi connectivity index (χ1n) is 5.35. The molecule has 0 spiro atoms. The van der Waals surface area contributed by atoms with Crippen LogP contribution in [0.2, 0.25) is 5.02 Å². The largest absolute Gasteiger partial charge is 0.338 e. The summed E-state index contributed by atoms with van der Waals surface area (Å²) in [5, 5.41) is 0.502. The molecule has 0 bridgehead atoms. The molecule has 0 aromatic heterocycles. The van der Waals surface area contributed by atoms with Crippen molar-refractivity contribution in [2.45, 2.75) is 18.2 Å². The minimum absolute atomic E-state index is 0.0188. The van der Waals surface area contributed by atoms with Crippen LogP contribution >= 0.6 is 24.2 Å². The molecular weight excluding hydrogens is 242 g/mol. The molecule has 86 valence electrons. The van der Waals surface area contributed by atoms with E-state index in [-0.39, 0.29) is 5.91 Å². The van der Waals surface area contributed by atoms with Gasteiger partial charge in [0.15, 0.2) is 0 Å². The van der Waals surface area contributed by atoms with Crippen LogP contribution in [-0.4, -0.2) is 23.9 Å². The highest BCUT2D eigenvalue weighted by Gasteiger charge is 2.25. The molecule has 1 atom stereocenters. The number of carbonyl (C=O) groups excluding carboxylic acids is 1. The first kappa shape index (κ1) is 11.8. The molecule has 1 unspecified atom stereocenters. The Hall–Kier alpha value is -0.670. The van der Waals surface area contributed by atoms with E-state index in [1.807, 2.05) is 4.90 Å². The minimum atomic E-state index is 0.0188. The smallest absolute Gasteiger partial charge is 0.255 e. The van der Waals surface area contributed by atoms with E-state index < -0.39 is 0 Å². The molecule has 1 aromatic carbocycles. The van der Waals surface area contributed by atoms with Crippen molar-refractivity contribution in [1.82, 2.24) is 4.90 Å². The lowest BCUT2D eigenvalue weighted by Gasteiger charge is -2.16. The maximum atomic E-state index is 12.2. The van der Waals surface area contributed by atoms with Gasteiger partial charge in [-0.25, -0.2) is 0 Å². The quantitative estimate of drug-likeness (QED) is 0.765. The summed E-state index contributed by atoms with van der Waals surface area (Å²) < 4.78 is 0. The number of rotatable bonds is 1. The van der Waals surface area contributed by atoms with Crippen molar-refractivity contribution in [3.05, 3.63) is 28.8 Å². The SMILES string of the molecule is CC1CCN(C(=O)c2cc(S)ccc2Cl)C1. The molecule has 1 fully saturated rings. The van der Waals surface area contributed by atoms with Crippen LogP contribution in [0.3, 0.4) is 0 Å². The lowest BCUT2D eigenvalue weighted by atomic mass is 10.2. The first-order valence-corrected chi connectivity index (χ1v) is 6.18. The van der Waals surface area contributed by atoms with Crippen LogP contribution in [0, 0.1) is 5.92 Å². The van der Waals surface area contributed by atoms with Crippen molar-refractivity contribution in [3.8, 4) is 0 Å². The van der Waals surface area contributed by atoms with Gasteiger partial charge in [-0.05, 0) is 30.5 Å². The third-order valence-electron chi connectivity index (χ3n) is 2.89. The maximum absolute atomic E-state index is 12.2. The second-order valence-corrected chi connectivity index (χ2v) is 5.23. The maximum Gasteiger partial charge on any atom is 0.255 e. The van der Waals surface area contributed by atoms with Crippen LogP contribution in [0.4, 0.5) is 0 Å². The van der Waals surface area contributed by atoms with Crippen molar-refractivity contribution < 1.29 is 4.79 Å². The van der Waals surface area contributed by atoms with E-state index in [2.05, 4.69) is 19.6 Å². The second kappa shape index (κ2) is 4.68. The molecule has 2 nitrogen and oxygen atoms in total. The Balaban J connectivity index is 2.23. The van der Waals surface area contributed by atoms with Gasteiger partial charge in [0.25, 0.3) is 5.91 Å². The van der Waals surface area contributed by atoms with E-state index in [0.29, 0.717) is 16.5 Å². The number of carbonyl (C=O) groups is 1. The van der Waals surface area contributed by atoms with Crippen molar-refractivity contribution in [2.75, 3.05) is 13.1 Å². The van der Waals surface area contributed by atoms with Gasteiger partial charge in [-0.2, -0.15) is 0 Å². The minimum Gasteiger partial charge on any atom is -0.338 e. The van der Waals surface area contributed by atoms with E-state index in [0.717, 1.165) is 24.4 Å². The molecule has 1 saturated heterocycles. The third-order valence-corrected chi connectivity index (χ3v) is 3.50. The van der Waals surface area contributed by atoms with Gasteiger partial charge >= 0.3 is 0 Å². The summed E-state index contributed by atoms with van der Waals surface area (Å²) >= 11 is 10.3. The van der Waals surface area contributed by atoms with Crippen LogP contribution < -0.4 is 0 Å². The average molecular weight is 256 g/mol. The van der Waals surface area contributed by atoms with Crippen LogP contribution in [0.1, 0.15) is 23.7 Å². The standard InChI is InChI=1S/C12H14ClNOS/c1-8-4-5-14(7-8)12(15)10-6-9(16)2-3-11(10)13/h2-3,6,8,16H,4-5,7H2,1H3. The highest BCUT2D eigenvalue weighted by atomic mass is 35.5. The van der Waals surface area contributed by atoms with Crippen LogP contribution in [0.5, 0.6) is 0 Å². The fourth-order valence-corrected chi connectivity index (χ4v) is 2.37. The molecule has 1 aromatic rings. The van der Waals surface area contributed by atoms with Crippen LogP contribution in [0.25, 0.3) is 0 Å². The van der Waals surface area contributed by atoms with Gasteiger partial charge in [0.05, 0.1) is 10.6 Å². The number of likely N-dealkylation sites (tertiary alicyclic amines) is 1. The Labute approximate surface area is 106 Å². The molecule has 1 aliphatic rings. The molecule has 16 heavy (non-hydrogen) atoms. The summed E-state index contributed by atoms with van der Waals surface area (Å²) in [6, 6.07) is 5.24. The molecular formula is C12H14ClNOS. The molecule has 1 heterocycles. The number of hydrogen-bond acceptors (Lipinski definition) is 2. The normalized spacial score (nSPS) is 20.2. The van der Waals surface area contributed by atoms with Crippen molar-refractivity contribution in [3.63, 3.8) is 0 Å². The van der Waals surface area contributed by atoms with Crippen molar-refractivity contribution in [2.24, 2.45) is 5.92 Å². The third kappa shape index (κ3) is 2.36. The Morgan fingerprint density at radius 1 is 1.56 bits per heavy atom. The number of hydrogen-bond donors (Lipinski definition) is 1. The van der Waals surface area contributed by atoms with Gasteiger partial charge < -0.3 is 4.90 Å². The van der Waals surface area contributed by atoms with Crippen molar-refractivity contribution >= 4 is 30.1 Å². The zero-order chi connectivity index (χ0) is 11.7. The van der Waals surface area contributed by atoms with E-state index in [4.69, 9.17) is 11.6 Å². The number of halogens is 1. The number of thiol groups is 1. The van der Waals surface area contributed by atoms with Crippen LogP contribution in [0.15, 0.2) is 23.1 Å². The van der Waals surface area contributed by atoms with Gasteiger partial charge in [0.2, 0.25) is 0 Å². The summed E-state index contributed by atoms with van der Waals surface area (Å²) in [4.78, 5) is 14.8. The number of benzene rings is 1. The fourth-order valence-electron chi connectivity index (χ4n) is 1.97. The molecule has 1 aliphatic heterocycles. The highest BCUT2D eigenvalue weighted by molar-refractivity contribution is 7.80. The molecule has 0 saturated carbocycles. The van der Waals surface area contributed by atoms with Crippen molar-refractivity contribution in [1.29, 1.82) is 0 Å². The Kier molecular flexibility index (Phi) is 3.45. The lowest BCUT2D eigenvalue weighted by Crippen LogP contribution is -2.28. The van der Waals surface area contributed by atoms with Gasteiger partial charge in [0.1, 0.15) is 0 Å². The first-order chi connectivity index (χ1) is 7.58. The Morgan fingerprint density at radius 2 is 2.31 bits per heavy atom. The number of nitrogens with zero attached hydrogens (tertiary/aromatic N) is 1. The van der Waals surface area contributed by atoms with Gasteiger partial charge in [-0.15, -0.1) is 12.6 Å². The van der Waals surface area contributed by atoms with Gasteiger partial charge in [-0.1, -0.05) is 18.5 Å². The van der Waals surface area contributed by atoms with E-state index in [1.165, 1.54) is 0 Å². The predicted octanol–water partition coefficient (Wildman–Crippen LogP) is 3.11. The average Bonchev–Trinajstić information content (AvgIpc) is 2.67. The summed E-state index contributed by atoms with van der Waals surface area (Å²) in [6.07, 6.45) is 1.07. The number of amides is 1. The lowest BCUT2D eigenvalue weighted by molar-refractivity contribution is 0.0788. The van der Waals surface area contributed by atoms with E-state index in [9.17, 15) is 4.79 Å². The Morgan fingerprint density at radius 3 is 2.94 bits per heavy atom. The molecule has 2 rings (SSSR count). The monoisotopic (exact) mass is 255 g/mol. The molecule has 0 radical (unpaired) electrons. The molecule has 0 N–H and O–H groups in total. The van der Waals surface area contributed by atoms with Gasteiger partial charge in [-0.3, -0.25) is 4.79 Å². The zero-order valence-corrected chi connectivity index (χ0v) is 10.8. The molecule has 1 amide bonds. The zero-order valence-electron chi connectivity index (χ0n) is 9.11. The van der Waals surface area contributed by atoms with E-state index >= 15 is 0 Å². The topological polar surface area (TPSA) is 20.3 Å². The Bertz CT molecular complexity index is 421. The molecule has 4 heteroatoms. The second-order valence-electron chi connectivity index (χ2n) is 4.31. The fraction of sp³-hybridized carbons (Fsp3) is 0.417. The van der Waals surface area contributed by atoms with E-state index in [1.54, 1.807) is 18.2 Å². The summed E-state index contributed by atoms with van der Waals surface area (Å²) in [5.41, 5.74) is 0.559. The van der Waals surface area contributed by atoms with Crippen LogP contribution in [-0.2, 0) is 0 Å². The highest BCUT2D eigenvalue weighted by Crippen LogP contribution is 2.24. The summed E-state index contributed by atoms with van der Waals surface area (Å²) in [7, 11) is 0. The summed E-state index contributed by atoms with van der Waals surface area (Å²) in [6.45, 7) is 3.81. The predicted molar refractivity (Wildman–Crippen MR) is 68.4 cm³/mol. The van der Waals surface area contributed by atoms with Gasteiger partial charge in [0, 0.05) is 18.0 Å². The molecule has 0 aliphatic carbocycles.